The maximum atomic E-state index is 6.26. The van der Waals surface area contributed by atoms with E-state index < -0.39 is 0 Å². The molecule has 112 valence electrons. The summed E-state index contributed by atoms with van der Waals surface area (Å²) in [4.78, 5) is 8.88. The predicted octanol–water partition coefficient (Wildman–Crippen LogP) is 3.29. The van der Waals surface area contributed by atoms with Crippen LogP contribution in [-0.4, -0.2) is 22.4 Å². The fraction of sp³-hybridized carbons (Fsp3) is 0.158. The first-order valence-electron chi connectivity index (χ1n) is 7.65. The van der Waals surface area contributed by atoms with Gasteiger partial charge >= 0.3 is 0 Å². The highest BCUT2D eigenvalue weighted by atomic mass is 15.1. The standard InChI is InChI=1S/C19H18BN3/c1-3-4-12-23-17(15-8-6-5-7-9-15)18(20)22-19(23)16-13-21-11-10-14(16)2/h3,5-11,13H,1,4,12H2,2H3. The van der Waals surface area contributed by atoms with E-state index >= 15 is 0 Å². The number of hydrogen-bond donors (Lipinski definition) is 0. The van der Waals surface area contributed by atoms with Crippen LogP contribution < -0.4 is 5.59 Å². The highest BCUT2D eigenvalue weighted by Gasteiger charge is 2.17. The highest BCUT2D eigenvalue weighted by Crippen LogP contribution is 2.26. The number of benzene rings is 1. The van der Waals surface area contributed by atoms with Gasteiger partial charge in [0.25, 0.3) is 0 Å². The van der Waals surface area contributed by atoms with Gasteiger partial charge in [0, 0.05) is 30.1 Å². The molecule has 0 saturated heterocycles. The minimum absolute atomic E-state index is 0.540. The predicted molar refractivity (Wildman–Crippen MR) is 95.8 cm³/mol. The van der Waals surface area contributed by atoms with Gasteiger partial charge in [0.15, 0.2) is 0 Å². The van der Waals surface area contributed by atoms with E-state index in [4.69, 9.17) is 7.85 Å². The largest absolute Gasteiger partial charge is 0.324 e. The van der Waals surface area contributed by atoms with Crippen molar-refractivity contribution < 1.29 is 0 Å². The first-order valence-corrected chi connectivity index (χ1v) is 7.65. The molecule has 1 aromatic carbocycles. The van der Waals surface area contributed by atoms with Crippen LogP contribution in [0.3, 0.4) is 0 Å². The van der Waals surface area contributed by atoms with Crippen molar-refractivity contribution in [3.05, 3.63) is 67.0 Å². The molecule has 0 aliphatic rings. The van der Waals surface area contributed by atoms with Crippen molar-refractivity contribution in [2.24, 2.45) is 0 Å². The molecule has 4 heteroatoms. The van der Waals surface area contributed by atoms with E-state index in [0.717, 1.165) is 41.2 Å². The van der Waals surface area contributed by atoms with E-state index in [1.54, 1.807) is 6.20 Å². The zero-order chi connectivity index (χ0) is 16.2. The molecule has 0 N–H and O–H groups in total. The SMILES string of the molecule is [B]c1nc(-c2cnccc2C)n(CCC=C)c1-c1ccccc1. The van der Waals surface area contributed by atoms with Crippen LogP contribution in [0.25, 0.3) is 22.6 Å². The summed E-state index contributed by atoms with van der Waals surface area (Å²) >= 11 is 0. The Labute approximate surface area is 138 Å². The lowest BCUT2D eigenvalue weighted by atomic mass is 9.98. The van der Waals surface area contributed by atoms with Crippen LogP contribution in [-0.2, 0) is 6.54 Å². The molecule has 0 fully saturated rings. The number of aryl methyl sites for hydroxylation is 1. The third-order valence-electron chi connectivity index (χ3n) is 3.88. The molecule has 2 aromatic heterocycles. The number of rotatable bonds is 5. The number of hydrogen-bond acceptors (Lipinski definition) is 2. The Balaban J connectivity index is 2.21. The molecule has 0 saturated carbocycles. The van der Waals surface area contributed by atoms with Crippen LogP contribution in [0.4, 0.5) is 0 Å². The van der Waals surface area contributed by atoms with Gasteiger partial charge in [-0.15, -0.1) is 6.58 Å². The Hall–Kier alpha value is -2.62. The maximum absolute atomic E-state index is 6.26. The van der Waals surface area contributed by atoms with Crippen LogP contribution in [0.2, 0.25) is 0 Å². The molecule has 0 spiro atoms. The second-order valence-corrected chi connectivity index (χ2v) is 5.45. The summed E-state index contributed by atoms with van der Waals surface area (Å²) in [5.74, 6) is 0.855. The van der Waals surface area contributed by atoms with E-state index in [9.17, 15) is 0 Å². The quantitative estimate of drug-likeness (QED) is 0.534. The van der Waals surface area contributed by atoms with E-state index in [0.29, 0.717) is 5.59 Å². The number of aromatic nitrogens is 3. The number of pyridine rings is 1. The van der Waals surface area contributed by atoms with Gasteiger partial charge in [0.1, 0.15) is 13.7 Å². The Morgan fingerprint density at radius 3 is 2.70 bits per heavy atom. The summed E-state index contributed by atoms with van der Waals surface area (Å²) in [6.45, 7) is 6.66. The van der Waals surface area contributed by atoms with Gasteiger partial charge in [-0.05, 0) is 30.5 Å². The molecule has 0 unspecified atom stereocenters. The van der Waals surface area contributed by atoms with E-state index in [-0.39, 0.29) is 0 Å². The molecule has 0 amide bonds. The maximum Gasteiger partial charge on any atom is 0.144 e. The second kappa shape index (κ2) is 6.65. The first-order chi connectivity index (χ1) is 11.2. The van der Waals surface area contributed by atoms with Gasteiger partial charge < -0.3 is 4.57 Å². The summed E-state index contributed by atoms with van der Waals surface area (Å²) in [5, 5.41) is 0. The normalized spacial score (nSPS) is 10.7. The molecular formula is C19H18BN3. The molecule has 0 atom stereocenters. The highest BCUT2D eigenvalue weighted by molar-refractivity contribution is 6.34. The molecule has 2 heterocycles. The fourth-order valence-electron chi connectivity index (χ4n) is 2.71. The smallest absolute Gasteiger partial charge is 0.144 e. The van der Waals surface area contributed by atoms with Gasteiger partial charge in [-0.25, -0.2) is 4.98 Å². The van der Waals surface area contributed by atoms with E-state index in [1.807, 2.05) is 36.5 Å². The number of allylic oxidation sites excluding steroid dienone is 1. The third kappa shape index (κ3) is 2.97. The molecule has 3 aromatic rings. The number of imidazole rings is 1. The fourth-order valence-corrected chi connectivity index (χ4v) is 2.71. The van der Waals surface area contributed by atoms with Crippen LogP contribution in [0.1, 0.15) is 12.0 Å². The summed E-state index contributed by atoms with van der Waals surface area (Å²) in [5.41, 5.74) is 4.69. The van der Waals surface area contributed by atoms with Crippen LogP contribution >= 0.6 is 0 Å². The van der Waals surface area contributed by atoms with Gasteiger partial charge in [-0.2, -0.15) is 0 Å². The van der Waals surface area contributed by atoms with Gasteiger partial charge in [0.2, 0.25) is 0 Å². The van der Waals surface area contributed by atoms with Crippen molar-refractivity contribution in [3.8, 4) is 22.6 Å². The van der Waals surface area contributed by atoms with Crippen molar-refractivity contribution in [3.63, 3.8) is 0 Å². The molecule has 23 heavy (non-hydrogen) atoms. The van der Waals surface area contributed by atoms with Gasteiger partial charge in [-0.1, -0.05) is 36.4 Å². The lowest BCUT2D eigenvalue weighted by Crippen LogP contribution is -2.09. The van der Waals surface area contributed by atoms with Crippen molar-refractivity contribution in [2.75, 3.05) is 0 Å². The van der Waals surface area contributed by atoms with Crippen LogP contribution in [0.15, 0.2) is 61.4 Å². The third-order valence-corrected chi connectivity index (χ3v) is 3.88. The van der Waals surface area contributed by atoms with Crippen LogP contribution in [0, 0.1) is 6.92 Å². The monoisotopic (exact) mass is 299 g/mol. The first kappa shape index (κ1) is 15.3. The Bertz CT molecular complexity index is 822. The lowest BCUT2D eigenvalue weighted by Gasteiger charge is -2.13. The second-order valence-electron chi connectivity index (χ2n) is 5.45. The van der Waals surface area contributed by atoms with E-state index in [1.165, 1.54) is 0 Å². The van der Waals surface area contributed by atoms with Crippen molar-refractivity contribution in [1.29, 1.82) is 0 Å². The van der Waals surface area contributed by atoms with Gasteiger partial charge in [-0.3, -0.25) is 4.98 Å². The summed E-state index contributed by atoms with van der Waals surface area (Å²) in [7, 11) is 6.26. The zero-order valence-electron chi connectivity index (χ0n) is 13.2. The minimum atomic E-state index is 0.540. The molecule has 2 radical (unpaired) electrons. The number of nitrogens with zero attached hydrogens (tertiary/aromatic N) is 3. The summed E-state index contributed by atoms with van der Waals surface area (Å²) in [6, 6.07) is 12.1. The van der Waals surface area contributed by atoms with E-state index in [2.05, 4.69) is 40.2 Å². The van der Waals surface area contributed by atoms with Crippen molar-refractivity contribution >= 4 is 13.4 Å². The molecule has 0 bridgehead atoms. The average Bonchev–Trinajstić information content (AvgIpc) is 2.90. The zero-order valence-corrected chi connectivity index (χ0v) is 13.2. The Kier molecular flexibility index (Phi) is 4.42. The van der Waals surface area contributed by atoms with Crippen LogP contribution in [0.5, 0.6) is 0 Å². The van der Waals surface area contributed by atoms with Gasteiger partial charge in [0.05, 0.1) is 5.69 Å². The molecular weight excluding hydrogens is 281 g/mol. The molecule has 3 nitrogen and oxygen atoms in total. The molecule has 0 aliphatic carbocycles. The van der Waals surface area contributed by atoms with Crippen molar-refractivity contribution in [1.82, 2.24) is 14.5 Å². The summed E-state index contributed by atoms with van der Waals surface area (Å²) in [6.07, 6.45) is 6.39. The topological polar surface area (TPSA) is 30.7 Å². The molecule has 3 rings (SSSR count). The minimum Gasteiger partial charge on any atom is -0.324 e. The summed E-state index contributed by atoms with van der Waals surface area (Å²) < 4.78 is 2.16. The van der Waals surface area contributed by atoms with Crippen molar-refractivity contribution in [2.45, 2.75) is 19.9 Å². The average molecular weight is 299 g/mol. The Morgan fingerprint density at radius 1 is 1.22 bits per heavy atom. The molecule has 0 aliphatic heterocycles. The Morgan fingerprint density at radius 2 is 2.00 bits per heavy atom. The lowest BCUT2D eigenvalue weighted by molar-refractivity contribution is 0.723.